The number of aryl methyl sites for hydroxylation is 1. The molecule has 0 fully saturated rings. The summed E-state index contributed by atoms with van der Waals surface area (Å²) in [5.41, 5.74) is -0.596. The Morgan fingerprint density at radius 1 is 1.36 bits per heavy atom. The van der Waals surface area contributed by atoms with Gasteiger partial charge in [-0.05, 0) is 12.1 Å². The number of hydrogen-bond donors (Lipinski definition) is 2. The Morgan fingerprint density at radius 2 is 2.12 bits per heavy atom. The zero-order chi connectivity index (χ0) is 18.2. The second kappa shape index (κ2) is 6.77. The van der Waals surface area contributed by atoms with Crippen molar-refractivity contribution in [3.05, 3.63) is 35.4 Å². The Morgan fingerprint density at radius 3 is 2.80 bits per heavy atom. The van der Waals surface area contributed by atoms with Gasteiger partial charge < -0.3 is 4.98 Å². The van der Waals surface area contributed by atoms with Crippen LogP contribution in [0.25, 0.3) is 11.0 Å². The Balaban J connectivity index is 2.01. The Hall–Kier alpha value is -1.91. The molecular weight excluding hydrogens is 399 g/mol. The van der Waals surface area contributed by atoms with E-state index in [2.05, 4.69) is 19.8 Å². The minimum Gasteiger partial charge on any atom is -0.345 e. The number of pyridine rings is 1. The highest BCUT2D eigenvalue weighted by atomic mass is 35.5. The maximum atomic E-state index is 13.3. The highest BCUT2D eigenvalue weighted by Gasteiger charge is 2.26. The fourth-order valence-electron chi connectivity index (χ4n) is 2.34. The molecule has 0 unspecified atom stereocenters. The molecule has 0 spiro atoms. The summed E-state index contributed by atoms with van der Waals surface area (Å²) >= 11 is 11.3. The molecule has 2 N–H and O–H groups in total. The van der Waals surface area contributed by atoms with Gasteiger partial charge in [-0.25, -0.2) is 22.2 Å². The van der Waals surface area contributed by atoms with Crippen molar-refractivity contribution < 1.29 is 17.2 Å². The average molecular weight is 410 g/mol. The molecule has 25 heavy (non-hydrogen) atoms. The number of H-pyrrole nitrogens is 1. The van der Waals surface area contributed by atoms with E-state index in [0.29, 0.717) is 0 Å². The first-order valence-electron chi connectivity index (χ1n) is 6.89. The van der Waals surface area contributed by atoms with E-state index in [1.807, 2.05) is 0 Å². The molecule has 3 aromatic rings. The molecule has 0 amide bonds. The summed E-state index contributed by atoms with van der Waals surface area (Å²) in [4.78, 5) is 6.50. The van der Waals surface area contributed by atoms with Crippen molar-refractivity contribution in [3.8, 4) is 0 Å². The number of nitrogens with one attached hydrogen (secondary N) is 2. The van der Waals surface area contributed by atoms with Gasteiger partial charge in [-0.2, -0.15) is 5.10 Å². The fraction of sp³-hybridized carbons (Fsp3) is 0.231. The highest BCUT2D eigenvalue weighted by Crippen LogP contribution is 2.30. The summed E-state index contributed by atoms with van der Waals surface area (Å²) in [6.45, 7) is 0.0263. The van der Waals surface area contributed by atoms with Gasteiger partial charge in [0.2, 0.25) is 0 Å². The van der Waals surface area contributed by atoms with E-state index >= 15 is 0 Å². The van der Waals surface area contributed by atoms with Crippen molar-refractivity contribution in [2.75, 3.05) is 10.6 Å². The summed E-state index contributed by atoms with van der Waals surface area (Å²) in [5.74, 6) is 0.0580. The van der Waals surface area contributed by atoms with E-state index in [-0.39, 0.29) is 39.2 Å². The predicted octanol–water partition coefficient (Wildman–Crippen LogP) is 3.39. The van der Waals surface area contributed by atoms with Crippen molar-refractivity contribution in [1.82, 2.24) is 19.7 Å². The zero-order valence-corrected chi connectivity index (χ0v) is 14.7. The molecular formula is C13H11Cl2F2N5O2S. The van der Waals surface area contributed by atoms with Gasteiger partial charge in [-0.15, -0.1) is 11.6 Å². The summed E-state index contributed by atoms with van der Waals surface area (Å²) in [5, 5.41) is 4.22. The van der Waals surface area contributed by atoms with E-state index in [4.69, 9.17) is 23.2 Å². The van der Waals surface area contributed by atoms with Gasteiger partial charge in [0.05, 0.1) is 18.4 Å². The maximum absolute atomic E-state index is 13.3. The molecule has 0 radical (unpaired) electrons. The standard InChI is InChI=1S/C13H11Cl2F2N5O2S/c14-3-4-22-11(12(16)17)8(5-19-22)21-25(23,24)9-6-18-13-7(9)1-2-10(15)20-13/h1-2,5-6,12,21H,3-4H2,(H,18,20). The van der Waals surface area contributed by atoms with Crippen LogP contribution in [0.1, 0.15) is 12.1 Å². The number of aromatic nitrogens is 4. The molecule has 0 saturated heterocycles. The second-order valence-corrected chi connectivity index (χ2v) is 7.36. The topological polar surface area (TPSA) is 92.7 Å². The second-order valence-electron chi connectivity index (χ2n) is 4.94. The smallest absolute Gasteiger partial charge is 0.282 e. The first-order valence-corrected chi connectivity index (χ1v) is 9.29. The van der Waals surface area contributed by atoms with Crippen molar-refractivity contribution in [2.45, 2.75) is 17.9 Å². The molecule has 134 valence electrons. The lowest BCUT2D eigenvalue weighted by Crippen LogP contribution is -2.15. The molecule has 0 aliphatic carbocycles. The van der Waals surface area contributed by atoms with Crippen LogP contribution in [0, 0.1) is 0 Å². The van der Waals surface area contributed by atoms with Crippen LogP contribution < -0.4 is 4.72 Å². The number of halogens is 4. The minimum absolute atomic E-state index is 0.0263. The highest BCUT2D eigenvalue weighted by molar-refractivity contribution is 7.93. The minimum atomic E-state index is -4.15. The van der Waals surface area contributed by atoms with Gasteiger partial charge in [0.1, 0.15) is 21.4 Å². The summed E-state index contributed by atoms with van der Waals surface area (Å²) in [6, 6.07) is 2.90. The van der Waals surface area contributed by atoms with E-state index in [0.717, 1.165) is 10.9 Å². The van der Waals surface area contributed by atoms with Gasteiger partial charge >= 0.3 is 0 Å². The largest absolute Gasteiger partial charge is 0.345 e. The van der Waals surface area contributed by atoms with Crippen LogP contribution in [-0.4, -0.2) is 34.0 Å². The molecule has 0 aliphatic rings. The molecule has 12 heteroatoms. The van der Waals surface area contributed by atoms with Crippen molar-refractivity contribution in [1.29, 1.82) is 0 Å². The summed E-state index contributed by atoms with van der Waals surface area (Å²) in [6.07, 6.45) is -0.691. The van der Waals surface area contributed by atoms with Gasteiger partial charge in [-0.1, -0.05) is 11.6 Å². The predicted molar refractivity (Wildman–Crippen MR) is 89.8 cm³/mol. The molecule has 0 atom stereocenters. The van der Waals surface area contributed by atoms with Crippen LogP contribution in [0.4, 0.5) is 14.5 Å². The maximum Gasteiger partial charge on any atom is 0.282 e. The third-order valence-electron chi connectivity index (χ3n) is 3.38. The van der Waals surface area contributed by atoms with Crippen LogP contribution in [0.5, 0.6) is 0 Å². The van der Waals surface area contributed by atoms with Crippen LogP contribution in [0.15, 0.2) is 29.4 Å². The van der Waals surface area contributed by atoms with Crippen LogP contribution >= 0.6 is 23.2 Å². The van der Waals surface area contributed by atoms with Crippen molar-refractivity contribution >= 4 is 49.9 Å². The Kier molecular flexibility index (Phi) is 4.85. The van der Waals surface area contributed by atoms with Gasteiger partial charge in [0, 0.05) is 17.5 Å². The number of aromatic amines is 1. The SMILES string of the molecule is O=S(=O)(Nc1cnn(CCCl)c1C(F)F)c1c[nH]c2nc(Cl)ccc12. The number of rotatable bonds is 6. The lowest BCUT2D eigenvalue weighted by atomic mass is 10.3. The number of alkyl halides is 3. The summed E-state index contributed by atoms with van der Waals surface area (Å²) in [7, 11) is -4.15. The lowest BCUT2D eigenvalue weighted by molar-refractivity contribution is 0.140. The van der Waals surface area contributed by atoms with Crippen LogP contribution in [-0.2, 0) is 16.6 Å². The fourth-order valence-corrected chi connectivity index (χ4v) is 3.87. The molecule has 3 heterocycles. The molecule has 3 rings (SSSR count). The molecule has 0 bridgehead atoms. The van der Waals surface area contributed by atoms with Crippen LogP contribution in [0.2, 0.25) is 5.15 Å². The molecule has 0 saturated carbocycles. The Bertz CT molecular complexity index is 1020. The van der Waals surface area contributed by atoms with Gasteiger partial charge in [0.15, 0.2) is 0 Å². The number of nitrogens with zero attached hydrogens (tertiary/aromatic N) is 3. The third kappa shape index (κ3) is 3.42. The number of anilines is 1. The van der Waals surface area contributed by atoms with E-state index in [1.165, 1.54) is 18.3 Å². The van der Waals surface area contributed by atoms with Gasteiger partial charge in [-0.3, -0.25) is 9.40 Å². The van der Waals surface area contributed by atoms with Crippen LogP contribution in [0.3, 0.4) is 0 Å². The third-order valence-corrected chi connectivity index (χ3v) is 5.17. The first kappa shape index (κ1) is 17.9. The van der Waals surface area contributed by atoms with Crippen molar-refractivity contribution in [2.24, 2.45) is 0 Å². The van der Waals surface area contributed by atoms with E-state index in [1.54, 1.807) is 0 Å². The molecule has 0 aromatic carbocycles. The zero-order valence-electron chi connectivity index (χ0n) is 12.4. The molecule has 0 aliphatic heterocycles. The Labute approximate surface area is 151 Å². The quantitative estimate of drug-likeness (QED) is 0.481. The number of fused-ring (bicyclic) bond motifs is 1. The van der Waals surface area contributed by atoms with E-state index in [9.17, 15) is 17.2 Å². The lowest BCUT2D eigenvalue weighted by Gasteiger charge is -2.09. The van der Waals surface area contributed by atoms with Crippen molar-refractivity contribution in [3.63, 3.8) is 0 Å². The number of hydrogen-bond acceptors (Lipinski definition) is 4. The molecule has 3 aromatic heterocycles. The van der Waals surface area contributed by atoms with Gasteiger partial charge in [0.25, 0.3) is 16.4 Å². The molecule has 7 nitrogen and oxygen atoms in total. The summed E-state index contributed by atoms with van der Waals surface area (Å²) < 4.78 is 54.9. The van der Waals surface area contributed by atoms with E-state index < -0.39 is 22.1 Å². The average Bonchev–Trinajstić information content (AvgIpc) is 3.11. The first-order chi connectivity index (χ1) is 11.8. The normalized spacial score (nSPS) is 12.2. The number of sulfonamides is 1. The monoisotopic (exact) mass is 409 g/mol.